The van der Waals surface area contributed by atoms with Gasteiger partial charge in [0.2, 0.25) is 5.88 Å². The zero-order valence-corrected chi connectivity index (χ0v) is 19.4. The van der Waals surface area contributed by atoms with Crippen molar-refractivity contribution in [3.05, 3.63) is 102 Å². The number of rotatable bonds is 9. The number of ether oxygens (including phenoxy) is 1. The molecule has 0 fully saturated rings. The number of carbonyl (C=O) groups excluding carboxylic acids is 1. The van der Waals surface area contributed by atoms with Crippen molar-refractivity contribution in [2.45, 2.75) is 20.4 Å². The maximum absolute atomic E-state index is 12.6. The zero-order chi connectivity index (χ0) is 23.8. The molecule has 1 N–H and O–H groups in total. The minimum atomic E-state index is -0.124. The first-order valence-electron chi connectivity index (χ1n) is 11.4. The molecule has 0 aliphatic heterocycles. The highest BCUT2D eigenvalue weighted by molar-refractivity contribution is 5.94. The second-order valence-corrected chi connectivity index (χ2v) is 7.73. The Bertz CT molecular complexity index is 1210. The standard InChI is InChI=1S/C28H28N4O2/c1-3-32(4-2)24-16-10-21(11-17-24)20-30-28(33)23-14-12-22(13-15-23)27-29-19-18-26(31-27)34-25-8-6-5-7-9-25/h5-19H,3-4,20H2,1-2H3,(H,30,33). The molecule has 1 heterocycles. The lowest BCUT2D eigenvalue weighted by molar-refractivity contribution is 0.0951. The van der Waals surface area contributed by atoms with Crippen molar-refractivity contribution in [1.82, 2.24) is 15.3 Å². The van der Waals surface area contributed by atoms with Gasteiger partial charge in [0.15, 0.2) is 5.82 Å². The summed E-state index contributed by atoms with van der Waals surface area (Å²) in [6.45, 7) is 6.70. The van der Waals surface area contributed by atoms with E-state index in [9.17, 15) is 4.79 Å². The van der Waals surface area contributed by atoms with Crippen LogP contribution in [-0.2, 0) is 6.54 Å². The highest BCUT2D eigenvalue weighted by Crippen LogP contribution is 2.22. The Morgan fingerprint density at radius 2 is 1.59 bits per heavy atom. The van der Waals surface area contributed by atoms with Crippen LogP contribution in [0.25, 0.3) is 11.4 Å². The fraction of sp³-hybridized carbons (Fsp3) is 0.179. The van der Waals surface area contributed by atoms with Gasteiger partial charge >= 0.3 is 0 Å². The minimum Gasteiger partial charge on any atom is -0.439 e. The second kappa shape index (κ2) is 11.1. The number of nitrogens with zero attached hydrogens (tertiary/aromatic N) is 3. The molecule has 6 heteroatoms. The lowest BCUT2D eigenvalue weighted by Crippen LogP contribution is -2.23. The van der Waals surface area contributed by atoms with Gasteiger partial charge in [-0.3, -0.25) is 4.79 Å². The summed E-state index contributed by atoms with van der Waals surface area (Å²) in [6, 6.07) is 26.7. The van der Waals surface area contributed by atoms with Gasteiger partial charge in [0, 0.05) is 48.7 Å². The zero-order valence-electron chi connectivity index (χ0n) is 19.4. The van der Waals surface area contributed by atoms with E-state index >= 15 is 0 Å². The topological polar surface area (TPSA) is 67.4 Å². The predicted octanol–water partition coefficient (Wildman–Crippen LogP) is 5.71. The Labute approximate surface area is 200 Å². The van der Waals surface area contributed by atoms with Gasteiger partial charge in [-0.05, 0) is 55.8 Å². The molecule has 0 spiro atoms. The summed E-state index contributed by atoms with van der Waals surface area (Å²) in [5.41, 5.74) is 3.64. The normalized spacial score (nSPS) is 10.5. The number of nitrogens with one attached hydrogen (secondary N) is 1. The Balaban J connectivity index is 1.37. The van der Waals surface area contributed by atoms with E-state index in [1.54, 1.807) is 24.4 Å². The average Bonchev–Trinajstić information content (AvgIpc) is 2.89. The Hall–Kier alpha value is -4.19. The van der Waals surface area contributed by atoms with Crippen molar-refractivity contribution in [2.24, 2.45) is 0 Å². The summed E-state index contributed by atoms with van der Waals surface area (Å²) in [4.78, 5) is 23.7. The van der Waals surface area contributed by atoms with Crippen molar-refractivity contribution in [3.8, 4) is 23.0 Å². The van der Waals surface area contributed by atoms with E-state index in [1.807, 2.05) is 42.5 Å². The fourth-order valence-corrected chi connectivity index (χ4v) is 3.62. The van der Waals surface area contributed by atoms with Crippen molar-refractivity contribution in [3.63, 3.8) is 0 Å². The summed E-state index contributed by atoms with van der Waals surface area (Å²) in [5, 5.41) is 2.98. The van der Waals surface area contributed by atoms with Gasteiger partial charge in [-0.2, -0.15) is 4.98 Å². The molecule has 1 aromatic heterocycles. The summed E-state index contributed by atoms with van der Waals surface area (Å²) < 4.78 is 5.79. The molecule has 0 saturated carbocycles. The lowest BCUT2D eigenvalue weighted by atomic mass is 10.1. The first-order valence-corrected chi connectivity index (χ1v) is 11.4. The summed E-state index contributed by atoms with van der Waals surface area (Å²) in [6.07, 6.45) is 1.66. The maximum Gasteiger partial charge on any atom is 0.251 e. The smallest absolute Gasteiger partial charge is 0.251 e. The van der Waals surface area contributed by atoms with Crippen molar-refractivity contribution in [1.29, 1.82) is 0 Å². The number of para-hydroxylation sites is 1. The van der Waals surface area contributed by atoms with Gasteiger partial charge in [0.05, 0.1) is 0 Å². The van der Waals surface area contributed by atoms with Crippen LogP contribution in [0.1, 0.15) is 29.8 Å². The van der Waals surface area contributed by atoms with E-state index in [0.717, 1.165) is 24.2 Å². The van der Waals surface area contributed by atoms with E-state index in [1.165, 1.54) is 5.69 Å². The predicted molar refractivity (Wildman–Crippen MR) is 135 cm³/mol. The van der Waals surface area contributed by atoms with E-state index in [-0.39, 0.29) is 5.91 Å². The molecule has 6 nitrogen and oxygen atoms in total. The number of amides is 1. The van der Waals surface area contributed by atoms with E-state index in [4.69, 9.17) is 4.74 Å². The number of hydrogen-bond acceptors (Lipinski definition) is 5. The number of hydrogen-bond donors (Lipinski definition) is 1. The van der Waals surface area contributed by atoms with Crippen molar-refractivity contribution >= 4 is 11.6 Å². The van der Waals surface area contributed by atoms with Crippen LogP contribution in [0.15, 0.2) is 91.1 Å². The van der Waals surface area contributed by atoms with E-state index in [0.29, 0.717) is 29.6 Å². The van der Waals surface area contributed by atoms with Crippen LogP contribution in [0, 0.1) is 0 Å². The third-order valence-electron chi connectivity index (χ3n) is 5.52. The first-order chi connectivity index (χ1) is 16.7. The van der Waals surface area contributed by atoms with Gasteiger partial charge < -0.3 is 15.0 Å². The van der Waals surface area contributed by atoms with Crippen molar-refractivity contribution in [2.75, 3.05) is 18.0 Å². The molecule has 3 aromatic carbocycles. The van der Waals surface area contributed by atoms with Crippen LogP contribution < -0.4 is 15.0 Å². The molecule has 0 saturated heterocycles. The monoisotopic (exact) mass is 452 g/mol. The van der Waals surface area contributed by atoms with Crippen LogP contribution in [0.4, 0.5) is 5.69 Å². The quantitative estimate of drug-likeness (QED) is 0.352. The summed E-state index contributed by atoms with van der Waals surface area (Å²) in [7, 11) is 0. The maximum atomic E-state index is 12.6. The molecular formula is C28H28N4O2. The molecular weight excluding hydrogens is 424 g/mol. The van der Waals surface area contributed by atoms with Gasteiger partial charge in [-0.15, -0.1) is 0 Å². The third-order valence-corrected chi connectivity index (χ3v) is 5.52. The highest BCUT2D eigenvalue weighted by Gasteiger charge is 2.09. The molecule has 0 atom stereocenters. The van der Waals surface area contributed by atoms with Crippen molar-refractivity contribution < 1.29 is 9.53 Å². The van der Waals surface area contributed by atoms with Crippen LogP contribution in [-0.4, -0.2) is 29.0 Å². The Morgan fingerprint density at radius 3 is 2.26 bits per heavy atom. The number of benzene rings is 3. The molecule has 172 valence electrons. The van der Waals surface area contributed by atoms with Crippen LogP contribution in [0.2, 0.25) is 0 Å². The molecule has 0 unspecified atom stereocenters. The van der Waals surface area contributed by atoms with Gasteiger partial charge in [-0.25, -0.2) is 4.98 Å². The third kappa shape index (κ3) is 5.78. The van der Waals surface area contributed by atoms with E-state index < -0.39 is 0 Å². The molecule has 0 aliphatic carbocycles. The highest BCUT2D eigenvalue weighted by atomic mass is 16.5. The Morgan fingerprint density at radius 1 is 0.882 bits per heavy atom. The average molecular weight is 453 g/mol. The molecule has 34 heavy (non-hydrogen) atoms. The largest absolute Gasteiger partial charge is 0.439 e. The number of carbonyl (C=O) groups is 1. The first kappa shape index (κ1) is 23.0. The van der Waals surface area contributed by atoms with Gasteiger partial charge in [0.25, 0.3) is 5.91 Å². The number of aromatic nitrogens is 2. The second-order valence-electron chi connectivity index (χ2n) is 7.73. The van der Waals surface area contributed by atoms with Crippen LogP contribution in [0.5, 0.6) is 11.6 Å². The lowest BCUT2D eigenvalue weighted by Gasteiger charge is -2.21. The molecule has 0 bridgehead atoms. The summed E-state index contributed by atoms with van der Waals surface area (Å²) in [5.74, 6) is 1.59. The molecule has 4 rings (SSSR count). The molecule has 0 radical (unpaired) electrons. The van der Waals surface area contributed by atoms with Gasteiger partial charge in [-0.1, -0.05) is 42.5 Å². The fourth-order valence-electron chi connectivity index (χ4n) is 3.62. The number of anilines is 1. The minimum absolute atomic E-state index is 0.124. The summed E-state index contributed by atoms with van der Waals surface area (Å²) >= 11 is 0. The SMILES string of the molecule is CCN(CC)c1ccc(CNC(=O)c2ccc(-c3nccc(Oc4ccccc4)n3)cc2)cc1. The molecule has 0 aliphatic rings. The molecule has 4 aromatic rings. The van der Waals surface area contributed by atoms with E-state index in [2.05, 4.69) is 58.3 Å². The molecule has 1 amide bonds. The van der Waals surface area contributed by atoms with Crippen LogP contribution in [0.3, 0.4) is 0 Å². The van der Waals surface area contributed by atoms with Gasteiger partial charge in [0.1, 0.15) is 5.75 Å². The van der Waals surface area contributed by atoms with Crippen LogP contribution >= 0.6 is 0 Å². The Kier molecular flexibility index (Phi) is 7.50.